The SMILES string of the molecule is CN(C)S(=O)(=O)CCCN1Cc2ccccc2C2(CCC2)C1. The van der Waals surface area contributed by atoms with Crippen molar-refractivity contribution in [2.75, 3.05) is 32.9 Å². The topological polar surface area (TPSA) is 40.6 Å². The zero-order valence-electron chi connectivity index (χ0n) is 13.6. The highest BCUT2D eigenvalue weighted by Crippen LogP contribution is 2.48. The Bertz CT molecular complexity index is 636. The Hall–Kier alpha value is -0.910. The zero-order chi connectivity index (χ0) is 15.8. The lowest BCUT2D eigenvalue weighted by molar-refractivity contribution is 0.114. The second kappa shape index (κ2) is 5.95. The van der Waals surface area contributed by atoms with Gasteiger partial charge < -0.3 is 0 Å². The van der Waals surface area contributed by atoms with Crippen LogP contribution in [0.1, 0.15) is 36.8 Å². The van der Waals surface area contributed by atoms with E-state index in [1.165, 1.54) is 29.1 Å². The first-order valence-corrected chi connectivity index (χ1v) is 9.75. The highest BCUT2D eigenvalue weighted by Gasteiger charge is 2.43. The molecule has 22 heavy (non-hydrogen) atoms. The maximum atomic E-state index is 11.9. The number of hydrogen-bond acceptors (Lipinski definition) is 3. The van der Waals surface area contributed by atoms with Crippen molar-refractivity contribution in [1.29, 1.82) is 0 Å². The van der Waals surface area contributed by atoms with E-state index in [0.717, 1.165) is 19.6 Å². The van der Waals surface area contributed by atoms with Crippen LogP contribution in [0.4, 0.5) is 0 Å². The molecule has 1 saturated carbocycles. The largest absolute Gasteiger partial charge is 0.298 e. The van der Waals surface area contributed by atoms with Crippen molar-refractivity contribution in [2.24, 2.45) is 0 Å². The summed E-state index contributed by atoms with van der Waals surface area (Å²) in [6.07, 6.45) is 4.57. The van der Waals surface area contributed by atoms with Crippen molar-refractivity contribution in [1.82, 2.24) is 9.21 Å². The van der Waals surface area contributed by atoms with Gasteiger partial charge in [0.1, 0.15) is 0 Å². The van der Waals surface area contributed by atoms with Gasteiger partial charge >= 0.3 is 0 Å². The van der Waals surface area contributed by atoms with Crippen molar-refractivity contribution in [2.45, 2.75) is 37.6 Å². The molecule has 1 aliphatic carbocycles. The average Bonchev–Trinajstić information content (AvgIpc) is 2.44. The van der Waals surface area contributed by atoms with E-state index < -0.39 is 10.0 Å². The van der Waals surface area contributed by atoms with Crippen molar-refractivity contribution < 1.29 is 8.42 Å². The number of rotatable bonds is 5. The number of sulfonamides is 1. The van der Waals surface area contributed by atoms with Crippen LogP contribution in [0.3, 0.4) is 0 Å². The number of benzene rings is 1. The van der Waals surface area contributed by atoms with Crippen LogP contribution < -0.4 is 0 Å². The fraction of sp³-hybridized carbons (Fsp3) is 0.647. The van der Waals surface area contributed by atoms with Crippen LogP contribution in [0.2, 0.25) is 0 Å². The van der Waals surface area contributed by atoms with Crippen LogP contribution in [0.25, 0.3) is 0 Å². The van der Waals surface area contributed by atoms with Gasteiger partial charge in [0.05, 0.1) is 5.75 Å². The van der Waals surface area contributed by atoms with E-state index in [2.05, 4.69) is 29.2 Å². The molecular weight excluding hydrogens is 296 g/mol. The van der Waals surface area contributed by atoms with E-state index >= 15 is 0 Å². The van der Waals surface area contributed by atoms with Gasteiger partial charge in [-0.25, -0.2) is 12.7 Å². The van der Waals surface area contributed by atoms with Crippen molar-refractivity contribution in [3.05, 3.63) is 35.4 Å². The van der Waals surface area contributed by atoms with Gasteiger partial charge in [0.2, 0.25) is 10.0 Å². The minimum Gasteiger partial charge on any atom is -0.298 e. The fourth-order valence-electron chi connectivity index (χ4n) is 3.83. The molecule has 5 heteroatoms. The predicted molar refractivity (Wildman–Crippen MR) is 89.3 cm³/mol. The molecule has 1 aliphatic heterocycles. The van der Waals surface area contributed by atoms with Crippen LogP contribution in [0.15, 0.2) is 24.3 Å². The molecule has 1 heterocycles. The molecule has 1 aromatic rings. The minimum absolute atomic E-state index is 0.241. The molecule has 2 aliphatic rings. The molecule has 0 aromatic heterocycles. The molecule has 3 rings (SSSR count). The second-order valence-electron chi connectivity index (χ2n) is 6.95. The van der Waals surface area contributed by atoms with Gasteiger partial charge in [0, 0.05) is 32.6 Å². The van der Waals surface area contributed by atoms with Gasteiger partial charge in [-0.05, 0) is 36.9 Å². The van der Waals surface area contributed by atoms with Crippen molar-refractivity contribution in [3.8, 4) is 0 Å². The second-order valence-corrected chi connectivity index (χ2v) is 9.26. The first-order valence-electron chi connectivity index (χ1n) is 8.14. The Morgan fingerprint density at radius 3 is 2.59 bits per heavy atom. The minimum atomic E-state index is -3.07. The normalized spacial score (nSPS) is 20.9. The van der Waals surface area contributed by atoms with Gasteiger partial charge in [-0.1, -0.05) is 30.7 Å². The third-order valence-electron chi connectivity index (χ3n) is 5.25. The number of fused-ring (bicyclic) bond motifs is 2. The Balaban J connectivity index is 1.65. The Morgan fingerprint density at radius 1 is 1.23 bits per heavy atom. The molecular formula is C17H26N2O2S. The average molecular weight is 322 g/mol. The van der Waals surface area contributed by atoms with E-state index in [4.69, 9.17) is 0 Å². The summed E-state index contributed by atoms with van der Waals surface area (Å²) in [4.78, 5) is 2.45. The lowest BCUT2D eigenvalue weighted by atomic mass is 9.61. The molecule has 0 N–H and O–H groups in total. The Morgan fingerprint density at radius 2 is 1.95 bits per heavy atom. The molecule has 122 valence electrons. The zero-order valence-corrected chi connectivity index (χ0v) is 14.4. The summed E-state index contributed by atoms with van der Waals surface area (Å²) >= 11 is 0. The Labute approximate surface area is 134 Å². The Kier molecular flexibility index (Phi) is 4.32. The van der Waals surface area contributed by atoms with Crippen LogP contribution >= 0.6 is 0 Å². The molecule has 1 aromatic carbocycles. The molecule has 0 atom stereocenters. The summed E-state index contributed by atoms with van der Waals surface area (Å²) in [6, 6.07) is 8.80. The fourth-order valence-corrected chi connectivity index (χ4v) is 4.69. The summed E-state index contributed by atoms with van der Waals surface area (Å²) in [6.45, 7) is 2.91. The van der Waals surface area contributed by atoms with Gasteiger partial charge in [0.25, 0.3) is 0 Å². The first kappa shape index (κ1) is 16.0. The third kappa shape index (κ3) is 2.94. The van der Waals surface area contributed by atoms with Crippen LogP contribution in [0.5, 0.6) is 0 Å². The van der Waals surface area contributed by atoms with Crippen LogP contribution in [0, 0.1) is 0 Å². The van der Waals surface area contributed by atoms with E-state index in [9.17, 15) is 8.42 Å². The summed E-state index contributed by atoms with van der Waals surface area (Å²) in [7, 11) is 0.141. The maximum Gasteiger partial charge on any atom is 0.213 e. The van der Waals surface area contributed by atoms with Crippen LogP contribution in [-0.4, -0.2) is 50.6 Å². The van der Waals surface area contributed by atoms with Crippen LogP contribution in [-0.2, 0) is 22.0 Å². The lowest BCUT2D eigenvalue weighted by Crippen LogP contribution is -2.50. The smallest absolute Gasteiger partial charge is 0.213 e. The van der Waals surface area contributed by atoms with E-state index in [1.54, 1.807) is 19.7 Å². The molecule has 1 fully saturated rings. The summed E-state index contributed by atoms with van der Waals surface area (Å²) < 4.78 is 25.1. The summed E-state index contributed by atoms with van der Waals surface area (Å²) in [5.74, 6) is 0.241. The van der Waals surface area contributed by atoms with Gasteiger partial charge in [-0.2, -0.15) is 0 Å². The monoisotopic (exact) mass is 322 g/mol. The highest BCUT2D eigenvalue weighted by atomic mass is 32.2. The van der Waals surface area contributed by atoms with E-state index in [0.29, 0.717) is 11.8 Å². The number of nitrogens with zero attached hydrogens (tertiary/aromatic N) is 2. The molecule has 0 radical (unpaired) electrons. The first-order chi connectivity index (χ1) is 10.4. The van der Waals surface area contributed by atoms with Crippen molar-refractivity contribution >= 4 is 10.0 Å². The molecule has 0 unspecified atom stereocenters. The quantitative estimate of drug-likeness (QED) is 0.834. The van der Waals surface area contributed by atoms with Gasteiger partial charge in [0.15, 0.2) is 0 Å². The molecule has 1 spiro atoms. The van der Waals surface area contributed by atoms with Gasteiger partial charge in [-0.15, -0.1) is 0 Å². The standard InChI is InChI=1S/C17H26N2O2S/c1-18(2)22(20,21)12-6-11-19-13-15-7-3-4-8-16(15)17(14-19)9-5-10-17/h3-4,7-8H,5-6,9-14H2,1-2H3. The maximum absolute atomic E-state index is 11.9. The van der Waals surface area contributed by atoms with E-state index in [1.807, 2.05) is 0 Å². The lowest BCUT2D eigenvalue weighted by Gasteiger charge is -2.50. The van der Waals surface area contributed by atoms with Crippen molar-refractivity contribution in [3.63, 3.8) is 0 Å². The van der Waals surface area contributed by atoms with E-state index in [-0.39, 0.29) is 5.75 Å². The highest BCUT2D eigenvalue weighted by molar-refractivity contribution is 7.89. The predicted octanol–water partition coefficient (Wildman–Crippen LogP) is 2.21. The summed E-state index contributed by atoms with van der Waals surface area (Å²) in [5, 5.41) is 0. The molecule has 0 saturated heterocycles. The number of hydrogen-bond donors (Lipinski definition) is 0. The molecule has 4 nitrogen and oxygen atoms in total. The molecule has 0 amide bonds. The van der Waals surface area contributed by atoms with Gasteiger partial charge in [-0.3, -0.25) is 4.90 Å². The third-order valence-corrected chi connectivity index (χ3v) is 7.17. The summed E-state index contributed by atoms with van der Waals surface area (Å²) in [5.41, 5.74) is 3.32. The molecule has 0 bridgehead atoms.